The number of benzene rings is 1. The van der Waals surface area contributed by atoms with Crippen LogP contribution in [0, 0.1) is 6.92 Å². The summed E-state index contributed by atoms with van der Waals surface area (Å²) in [7, 11) is 0. The molecule has 7 nitrogen and oxygen atoms in total. The van der Waals surface area contributed by atoms with Crippen molar-refractivity contribution in [2.75, 3.05) is 0 Å². The van der Waals surface area contributed by atoms with Crippen molar-refractivity contribution >= 4 is 33.2 Å². The van der Waals surface area contributed by atoms with Gasteiger partial charge in [0.15, 0.2) is 5.01 Å². The molecule has 0 atom stereocenters. The van der Waals surface area contributed by atoms with Crippen LogP contribution < -0.4 is 11.1 Å². The number of thiazole rings is 1. The summed E-state index contributed by atoms with van der Waals surface area (Å²) < 4.78 is 5.81. The molecule has 24 heavy (non-hydrogen) atoms. The summed E-state index contributed by atoms with van der Waals surface area (Å²) in [4.78, 5) is 28.2. The Morgan fingerprint density at radius 3 is 2.83 bits per heavy atom. The Morgan fingerprint density at radius 1 is 1.38 bits per heavy atom. The predicted octanol–water partition coefficient (Wildman–Crippen LogP) is 2.42. The van der Waals surface area contributed by atoms with Crippen LogP contribution in [-0.2, 0) is 0 Å². The molecular weight excluding hydrogens is 330 g/mol. The van der Waals surface area contributed by atoms with E-state index in [9.17, 15) is 14.7 Å². The lowest BCUT2D eigenvalue weighted by atomic mass is 10.2. The molecule has 3 aromatic rings. The Labute approximate surface area is 140 Å². The molecular formula is C16H13N3O4S. The number of hydrogen-bond donors (Lipinski definition) is 2. The fraction of sp³-hybridized carbons (Fsp3) is 0.125. The summed E-state index contributed by atoms with van der Waals surface area (Å²) in [5.41, 5.74) is 2.38. The Kier molecular flexibility index (Phi) is 4.13. The van der Waals surface area contributed by atoms with E-state index in [0.717, 1.165) is 10.2 Å². The maximum atomic E-state index is 12.1. The third kappa shape index (κ3) is 3.04. The van der Waals surface area contributed by atoms with E-state index in [0.29, 0.717) is 0 Å². The van der Waals surface area contributed by atoms with Crippen molar-refractivity contribution in [1.82, 2.24) is 10.4 Å². The lowest BCUT2D eigenvalue weighted by Gasteiger charge is -2.03. The van der Waals surface area contributed by atoms with E-state index >= 15 is 0 Å². The van der Waals surface area contributed by atoms with Gasteiger partial charge in [-0.05, 0) is 26.0 Å². The fourth-order valence-corrected chi connectivity index (χ4v) is 2.99. The van der Waals surface area contributed by atoms with Gasteiger partial charge in [0.25, 0.3) is 5.91 Å². The summed E-state index contributed by atoms with van der Waals surface area (Å²) in [5.74, 6) is -0.460. The first-order valence-corrected chi connectivity index (χ1v) is 7.81. The summed E-state index contributed by atoms with van der Waals surface area (Å²) in [6, 6.07) is 8.70. The van der Waals surface area contributed by atoms with Gasteiger partial charge >= 0.3 is 5.63 Å². The van der Waals surface area contributed by atoms with Gasteiger partial charge in [0.05, 0.1) is 15.9 Å². The zero-order valence-electron chi connectivity index (χ0n) is 12.9. The molecule has 8 heteroatoms. The zero-order valence-corrected chi connectivity index (χ0v) is 13.7. The molecule has 3 rings (SSSR count). The van der Waals surface area contributed by atoms with E-state index in [1.807, 2.05) is 24.3 Å². The number of hydrazone groups is 1. The lowest BCUT2D eigenvalue weighted by molar-refractivity contribution is 0.0954. The molecule has 0 unspecified atom stereocenters. The first-order chi connectivity index (χ1) is 11.5. The molecule has 1 amide bonds. The van der Waals surface area contributed by atoms with Crippen LogP contribution >= 0.6 is 11.3 Å². The van der Waals surface area contributed by atoms with E-state index in [2.05, 4.69) is 15.5 Å². The van der Waals surface area contributed by atoms with Crippen LogP contribution in [0.15, 0.2) is 44.6 Å². The smallest absolute Gasteiger partial charge is 0.348 e. The highest BCUT2D eigenvalue weighted by atomic mass is 32.1. The largest absolute Gasteiger partial charge is 0.507 e. The zero-order chi connectivity index (χ0) is 17.3. The first kappa shape index (κ1) is 15.9. The average Bonchev–Trinajstić information content (AvgIpc) is 2.95. The standard InChI is InChI=1S/C16H13N3O4S/c1-8-7-11(20)13(16(22)23-8)9(2)18-19-14(21)15-17-10-5-3-4-6-12(10)24-15/h3-7,20H,1-2H3,(H,19,21). The average molecular weight is 343 g/mol. The number of nitrogens with zero attached hydrogens (tertiary/aromatic N) is 2. The third-order valence-corrected chi connectivity index (χ3v) is 4.26. The molecule has 0 saturated heterocycles. The van der Waals surface area contributed by atoms with E-state index in [4.69, 9.17) is 4.42 Å². The molecule has 0 spiro atoms. The van der Waals surface area contributed by atoms with Crippen LogP contribution in [-0.4, -0.2) is 21.7 Å². The van der Waals surface area contributed by atoms with Gasteiger partial charge in [0, 0.05) is 6.07 Å². The molecule has 0 radical (unpaired) electrons. The summed E-state index contributed by atoms with van der Waals surface area (Å²) in [5, 5.41) is 14.0. The van der Waals surface area contributed by atoms with Crippen LogP contribution in [0.25, 0.3) is 10.2 Å². The number of amides is 1. The summed E-state index contributed by atoms with van der Waals surface area (Å²) in [6.45, 7) is 3.03. The second-order valence-corrected chi connectivity index (χ2v) is 6.06. The number of carbonyl (C=O) groups excluding carboxylic acids is 1. The molecule has 0 aliphatic rings. The van der Waals surface area contributed by atoms with Gasteiger partial charge in [-0.3, -0.25) is 4.79 Å². The number of aromatic hydroxyl groups is 1. The van der Waals surface area contributed by atoms with Gasteiger partial charge in [-0.1, -0.05) is 12.1 Å². The van der Waals surface area contributed by atoms with Crippen molar-refractivity contribution in [1.29, 1.82) is 0 Å². The van der Waals surface area contributed by atoms with Crippen molar-refractivity contribution in [3.05, 3.63) is 57.1 Å². The van der Waals surface area contributed by atoms with Gasteiger partial charge in [-0.25, -0.2) is 15.2 Å². The van der Waals surface area contributed by atoms with Gasteiger partial charge < -0.3 is 9.52 Å². The Morgan fingerprint density at radius 2 is 2.12 bits per heavy atom. The minimum Gasteiger partial charge on any atom is -0.507 e. The Hall–Kier alpha value is -3.00. The predicted molar refractivity (Wildman–Crippen MR) is 90.7 cm³/mol. The van der Waals surface area contributed by atoms with E-state index in [1.54, 1.807) is 6.92 Å². The minimum absolute atomic E-state index is 0.0924. The van der Waals surface area contributed by atoms with Crippen molar-refractivity contribution in [3.63, 3.8) is 0 Å². The molecule has 122 valence electrons. The highest BCUT2D eigenvalue weighted by molar-refractivity contribution is 7.20. The summed E-state index contributed by atoms with van der Waals surface area (Å²) >= 11 is 1.24. The first-order valence-electron chi connectivity index (χ1n) is 7.00. The van der Waals surface area contributed by atoms with Crippen LogP contribution in [0.1, 0.15) is 28.0 Å². The second-order valence-electron chi connectivity index (χ2n) is 5.03. The molecule has 0 fully saturated rings. The maximum Gasteiger partial charge on any atom is 0.348 e. The van der Waals surface area contributed by atoms with Crippen molar-refractivity contribution in [3.8, 4) is 5.75 Å². The monoisotopic (exact) mass is 343 g/mol. The third-order valence-electron chi connectivity index (χ3n) is 3.23. The minimum atomic E-state index is -0.719. The van der Waals surface area contributed by atoms with Crippen LogP contribution in [0.3, 0.4) is 0 Å². The highest BCUT2D eigenvalue weighted by Crippen LogP contribution is 2.21. The number of para-hydroxylation sites is 1. The Bertz CT molecular complexity index is 987. The molecule has 2 heterocycles. The molecule has 2 aromatic heterocycles. The van der Waals surface area contributed by atoms with E-state index in [1.165, 1.54) is 24.3 Å². The van der Waals surface area contributed by atoms with E-state index < -0.39 is 11.5 Å². The number of hydrogen-bond acceptors (Lipinski definition) is 7. The van der Waals surface area contributed by atoms with E-state index in [-0.39, 0.29) is 27.8 Å². The number of fused-ring (bicyclic) bond motifs is 1. The van der Waals surface area contributed by atoms with Crippen molar-refractivity contribution < 1.29 is 14.3 Å². The van der Waals surface area contributed by atoms with Gasteiger partial charge in [-0.2, -0.15) is 5.10 Å². The number of aryl methyl sites for hydroxylation is 1. The summed E-state index contributed by atoms with van der Waals surface area (Å²) in [6.07, 6.45) is 0. The fourth-order valence-electron chi connectivity index (χ4n) is 2.14. The topological polar surface area (TPSA) is 105 Å². The Balaban J connectivity index is 1.84. The SMILES string of the molecule is CC(=NNC(=O)c1nc2ccccc2s1)c1c(O)cc(C)oc1=O. The quantitative estimate of drug-likeness (QED) is 0.561. The van der Waals surface area contributed by atoms with Gasteiger partial charge in [-0.15, -0.1) is 11.3 Å². The highest BCUT2D eigenvalue weighted by Gasteiger charge is 2.15. The van der Waals surface area contributed by atoms with Gasteiger partial charge in [0.2, 0.25) is 0 Å². The molecule has 0 aliphatic heterocycles. The number of nitrogens with one attached hydrogen (secondary N) is 1. The van der Waals surface area contributed by atoms with Crippen LogP contribution in [0.2, 0.25) is 0 Å². The lowest BCUT2D eigenvalue weighted by Crippen LogP contribution is -2.21. The molecule has 0 aliphatic carbocycles. The number of carbonyl (C=O) groups is 1. The molecule has 2 N–H and O–H groups in total. The van der Waals surface area contributed by atoms with Gasteiger partial charge in [0.1, 0.15) is 17.1 Å². The number of aromatic nitrogens is 1. The molecule has 0 saturated carbocycles. The molecule has 1 aromatic carbocycles. The second kappa shape index (κ2) is 6.25. The normalized spacial score (nSPS) is 11.7. The van der Waals surface area contributed by atoms with Crippen molar-refractivity contribution in [2.45, 2.75) is 13.8 Å². The molecule has 0 bridgehead atoms. The van der Waals surface area contributed by atoms with Crippen LogP contribution in [0.4, 0.5) is 0 Å². The number of rotatable bonds is 3. The maximum absolute atomic E-state index is 12.1. The van der Waals surface area contributed by atoms with Crippen molar-refractivity contribution in [2.24, 2.45) is 5.10 Å². The van der Waals surface area contributed by atoms with Crippen LogP contribution in [0.5, 0.6) is 5.75 Å².